The van der Waals surface area contributed by atoms with Crippen molar-refractivity contribution in [2.45, 2.75) is 13.5 Å². The molecule has 0 bridgehead atoms. The molecule has 2 aromatic heterocycles. The Bertz CT molecular complexity index is 505. The van der Waals surface area contributed by atoms with Gasteiger partial charge in [0.1, 0.15) is 10.8 Å². The molecular weight excluding hydrogens is 228 g/mol. The van der Waals surface area contributed by atoms with Gasteiger partial charge >= 0.3 is 0 Å². The Balaban J connectivity index is 1.96. The average molecular weight is 238 g/mol. The molecule has 0 aliphatic carbocycles. The zero-order valence-electron chi connectivity index (χ0n) is 8.56. The van der Waals surface area contributed by atoms with E-state index in [2.05, 4.69) is 15.5 Å². The predicted octanol–water partition coefficient (Wildman–Crippen LogP) is 0.952. The Morgan fingerprint density at radius 3 is 3.00 bits per heavy atom. The summed E-state index contributed by atoms with van der Waals surface area (Å²) in [6.07, 6.45) is 1.48. The molecule has 0 saturated carbocycles. The largest absolute Gasteiger partial charge is 0.469 e. The fourth-order valence-corrected chi connectivity index (χ4v) is 1.76. The van der Waals surface area contributed by atoms with Crippen molar-refractivity contribution in [1.82, 2.24) is 15.5 Å². The molecule has 2 heterocycles. The first kappa shape index (κ1) is 10.6. The maximum Gasteiger partial charge on any atom is 0.255 e. The average Bonchev–Trinajstić information content (AvgIpc) is 2.84. The Hall–Kier alpha value is -1.89. The van der Waals surface area contributed by atoms with Gasteiger partial charge in [0.15, 0.2) is 0 Å². The van der Waals surface area contributed by atoms with Crippen molar-refractivity contribution in [2.24, 2.45) is 0 Å². The summed E-state index contributed by atoms with van der Waals surface area (Å²) < 4.78 is 5.04. The molecule has 0 unspecified atom stereocenters. The highest BCUT2D eigenvalue weighted by Gasteiger charge is 2.11. The lowest BCUT2D eigenvalue weighted by atomic mass is 10.2. The van der Waals surface area contributed by atoms with Crippen molar-refractivity contribution >= 4 is 22.4 Å². The van der Waals surface area contributed by atoms with E-state index in [9.17, 15) is 4.79 Å². The number of nitrogens with two attached hydrogens (primary N) is 1. The number of aryl methyl sites for hydroxylation is 1. The van der Waals surface area contributed by atoms with Gasteiger partial charge in [-0.3, -0.25) is 4.79 Å². The van der Waals surface area contributed by atoms with Crippen molar-refractivity contribution < 1.29 is 9.21 Å². The van der Waals surface area contributed by atoms with Gasteiger partial charge in [0, 0.05) is 0 Å². The molecule has 0 fully saturated rings. The van der Waals surface area contributed by atoms with Crippen LogP contribution in [0.25, 0.3) is 0 Å². The summed E-state index contributed by atoms with van der Waals surface area (Å²) in [5.41, 5.74) is 5.95. The van der Waals surface area contributed by atoms with Crippen LogP contribution in [-0.4, -0.2) is 16.1 Å². The van der Waals surface area contributed by atoms with E-state index in [-0.39, 0.29) is 5.91 Å². The van der Waals surface area contributed by atoms with E-state index in [1.807, 2.05) is 0 Å². The van der Waals surface area contributed by atoms with Crippen LogP contribution in [0.4, 0.5) is 5.13 Å². The molecule has 16 heavy (non-hydrogen) atoms. The number of amides is 1. The van der Waals surface area contributed by atoms with Crippen LogP contribution in [0, 0.1) is 6.92 Å². The highest BCUT2D eigenvalue weighted by atomic mass is 32.1. The minimum atomic E-state index is -0.194. The second-order valence-corrected chi connectivity index (χ2v) is 4.20. The fraction of sp³-hybridized carbons (Fsp3) is 0.222. The number of nitrogens with zero attached hydrogens (tertiary/aromatic N) is 2. The highest BCUT2D eigenvalue weighted by Crippen LogP contribution is 2.12. The zero-order valence-corrected chi connectivity index (χ0v) is 9.37. The Kier molecular flexibility index (Phi) is 2.86. The maximum atomic E-state index is 11.7. The van der Waals surface area contributed by atoms with Crippen LogP contribution in [0.3, 0.4) is 0 Å². The molecule has 6 nitrogen and oxygen atoms in total. The minimum Gasteiger partial charge on any atom is -0.469 e. The summed E-state index contributed by atoms with van der Waals surface area (Å²) in [7, 11) is 0. The summed E-state index contributed by atoms with van der Waals surface area (Å²) in [6, 6.07) is 1.62. The van der Waals surface area contributed by atoms with Crippen molar-refractivity contribution in [2.75, 3.05) is 5.73 Å². The molecule has 1 amide bonds. The van der Waals surface area contributed by atoms with Gasteiger partial charge in [0.2, 0.25) is 5.13 Å². The fourth-order valence-electron chi connectivity index (χ4n) is 1.21. The molecule has 3 N–H and O–H groups in total. The summed E-state index contributed by atoms with van der Waals surface area (Å²) >= 11 is 1.25. The number of anilines is 1. The quantitative estimate of drug-likeness (QED) is 0.830. The number of aromatic nitrogens is 2. The zero-order chi connectivity index (χ0) is 11.5. The van der Waals surface area contributed by atoms with Gasteiger partial charge in [-0.05, 0) is 13.0 Å². The summed E-state index contributed by atoms with van der Waals surface area (Å²) in [6.45, 7) is 2.05. The van der Waals surface area contributed by atoms with Gasteiger partial charge < -0.3 is 15.5 Å². The lowest BCUT2D eigenvalue weighted by molar-refractivity contribution is 0.0949. The van der Waals surface area contributed by atoms with Gasteiger partial charge in [0.05, 0.1) is 18.4 Å². The van der Waals surface area contributed by atoms with Gasteiger partial charge in [-0.2, -0.15) is 0 Å². The molecule has 0 radical (unpaired) electrons. The molecule has 7 heteroatoms. The van der Waals surface area contributed by atoms with Crippen LogP contribution in [0.2, 0.25) is 0 Å². The first-order chi connectivity index (χ1) is 7.66. The second-order valence-electron chi connectivity index (χ2n) is 3.11. The molecule has 0 atom stereocenters. The van der Waals surface area contributed by atoms with E-state index in [4.69, 9.17) is 10.2 Å². The minimum absolute atomic E-state index is 0.194. The Labute approximate surface area is 95.5 Å². The van der Waals surface area contributed by atoms with Gasteiger partial charge in [-0.1, -0.05) is 11.3 Å². The Morgan fingerprint density at radius 1 is 1.62 bits per heavy atom. The molecule has 2 rings (SSSR count). The van der Waals surface area contributed by atoms with Crippen molar-refractivity contribution in [1.29, 1.82) is 0 Å². The number of carbonyl (C=O) groups is 1. The van der Waals surface area contributed by atoms with E-state index in [0.717, 1.165) is 0 Å². The molecular formula is C9H10N4O2S. The first-order valence-electron chi connectivity index (χ1n) is 4.57. The topological polar surface area (TPSA) is 94.0 Å². The maximum absolute atomic E-state index is 11.7. The number of rotatable bonds is 3. The van der Waals surface area contributed by atoms with Gasteiger partial charge in [-0.25, -0.2) is 0 Å². The molecule has 0 saturated heterocycles. The lowest BCUT2D eigenvalue weighted by Gasteiger charge is -2.00. The standard InChI is InChI=1S/C9H10N4O2S/c1-5-6(2-3-15-5)8(14)11-4-7-12-13-9(10)16-7/h2-3H,4H2,1H3,(H2,10,13)(H,11,14). The number of carbonyl (C=O) groups excluding carboxylic acids is 1. The number of furan rings is 1. The highest BCUT2D eigenvalue weighted by molar-refractivity contribution is 7.15. The molecule has 0 aliphatic heterocycles. The van der Waals surface area contributed by atoms with E-state index in [0.29, 0.717) is 28.0 Å². The monoisotopic (exact) mass is 238 g/mol. The molecule has 84 valence electrons. The van der Waals surface area contributed by atoms with Crippen molar-refractivity contribution in [3.8, 4) is 0 Å². The molecule has 0 spiro atoms. The molecule has 0 aromatic carbocycles. The van der Waals surface area contributed by atoms with Crippen LogP contribution in [0.5, 0.6) is 0 Å². The normalized spacial score (nSPS) is 10.3. The summed E-state index contributed by atoms with van der Waals surface area (Å²) in [5, 5.41) is 11.2. The summed E-state index contributed by atoms with van der Waals surface area (Å²) in [5.74, 6) is 0.397. The number of nitrogens with one attached hydrogen (secondary N) is 1. The second kappa shape index (κ2) is 4.31. The van der Waals surface area contributed by atoms with Crippen molar-refractivity contribution in [3.05, 3.63) is 28.7 Å². The first-order valence-corrected chi connectivity index (χ1v) is 5.38. The third-order valence-corrected chi connectivity index (χ3v) is 2.74. The van der Waals surface area contributed by atoms with Gasteiger partial charge in [-0.15, -0.1) is 10.2 Å². The molecule has 2 aromatic rings. The van der Waals surface area contributed by atoms with Crippen LogP contribution in [0.15, 0.2) is 16.7 Å². The van der Waals surface area contributed by atoms with Crippen molar-refractivity contribution in [3.63, 3.8) is 0 Å². The van der Waals surface area contributed by atoms with Gasteiger partial charge in [0.25, 0.3) is 5.91 Å². The summed E-state index contributed by atoms with van der Waals surface area (Å²) in [4.78, 5) is 11.7. The lowest BCUT2D eigenvalue weighted by Crippen LogP contribution is -2.22. The third kappa shape index (κ3) is 2.19. The van der Waals surface area contributed by atoms with E-state index < -0.39 is 0 Å². The van der Waals surface area contributed by atoms with Crippen LogP contribution in [-0.2, 0) is 6.54 Å². The number of hydrogen-bond acceptors (Lipinski definition) is 6. The third-order valence-electron chi connectivity index (χ3n) is 1.99. The Morgan fingerprint density at radius 2 is 2.44 bits per heavy atom. The van der Waals surface area contributed by atoms with Crippen LogP contribution < -0.4 is 11.1 Å². The van der Waals surface area contributed by atoms with Crippen LogP contribution >= 0.6 is 11.3 Å². The van der Waals surface area contributed by atoms with E-state index >= 15 is 0 Å². The molecule has 0 aliphatic rings. The predicted molar refractivity (Wildman–Crippen MR) is 58.9 cm³/mol. The number of hydrogen-bond donors (Lipinski definition) is 2. The SMILES string of the molecule is Cc1occc1C(=O)NCc1nnc(N)s1. The van der Waals surface area contributed by atoms with Crippen LogP contribution in [0.1, 0.15) is 21.1 Å². The smallest absolute Gasteiger partial charge is 0.255 e. The van der Waals surface area contributed by atoms with E-state index in [1.165, 1.54) is 17.6 Å². The van der Waals surface area contributed by atoms with E-state index in [1.54, 1.807) is 13.0 Å². The number of nitrogen functional groups attached to an aromatic ring is 1.